The topological polar surface area (TPSA) is 104 Å². The smallest absolute Gasteiger partial charge is 0.136 e. The highest BCUT2D eigenvalue weighted by Crippen LogP contribution is 2.53. The highest BCUT2D eigenvalue weighted by atomic mass is 16.3. The number of nitrogens with zero attached hydrogens (tertiary/aromatic N) is 6. The summed E-state index contributed by atoms with van der Waals surface area (Å²) in [6.07, 6.45) is 3.69. The zero-order valence-electron chi connectivity index (χ0n) is 42.3. The normalized spacial score (nSPS) is 12.2. The van der Waals surface area contributed by atoms with E-state index in [1.54, 1.807) is 0 Å². The van der Waals surface area contributed by atoms with Crippen LogP contribution in [0.2, 0.25) is 0 Å². The summed E-state index contributed by atoms with van der Waals surface area (Å²) in [5, 5.41) is 24.8. The lowest BCUT2D eigenvalue weighted by atomic mass is 9.91. The van der Waals surface area contributed by atoms with Crippen molar-refractivity contribution in [2.45, 2.75) is 0 Å². The number of hydrogen-bond acceptors (Lipinski definition) is 6. The number of para-hydroxylation sites is 6. The van der Waals surface area contributed by atoms with E-state index in [9.17, 15) is 5.26 Å². The van der Waals surface area contributed by atoms with E-state index in [4.69, 9.17) is 23.2 Å². The van der Waals surface area contributed by atoms with Crippen LogP contribution in [0.3, 0.4) is 0 Å². The van der Waals surface area contributed by atoms with Crippen LogP contribution >= 0.6 is 0 Å². The van der Waals surface area contributed by atoms with Crippen molar-refractivity contribution in [1.82, 2.24) is 23.7 Å². The maximum Gasteiger partial charge on any atom is 0.136 e. The lowest BCUT2D eigenvalue weighted by Gasteiger charge is -2.28. The lowest BCUT2D eigenvalue weighted by Crippen LogP contribution is -2.14. The quantitative estimate of drug-likeness (QED) is 0.170. The van der Waals surface area contributed by atoms with E-state index < -0.39 is 0 Å². The molecule has 0 amide bonds. The summed E-state index contributed by atoms with van der Waals surface area (Å²) >= 11 is 0. The molecule has 0 aliphatic rings. The summed E-state index contributed by atoms with van der Waals surface area (Å²) in [4.78, 5) is 10.7. The van der Waals surface area contributed by atoms with Crippen LogP contribution in [0.15, 0.2) is 244 Å². The van der Waals surface area contributed by atoms with Gasteiger partial charge in [0.15, 0.2) is 0 Å². The summed E-state index contributed by atoms with van der Waals surface area (Å²) in [6, 6.07) is 78.5. The zero-order valence-corrected chi connectivity index (χ0v) is 42.3. The minimum absolute atomic E-state index is 0.429. The Hall–Kier alpha value is -11.2. The minimum atomic E-state index is 0.429. The maximum atomic E-state index is 12.8. The van der Waals surface area contributed by atoms with Crippen LogP contribution in [0.1, 0.15) is 5.56 Å². The summed E-state index contributed by atoms with van der Waals surface area (Å²) in [7, 11) is 0. The van der Waals surface area contributed by atoms with E-state index in [2.05, 4.69) is 177 Å². The first kappa shape index (κ1) is 43.0. The molecule has 9 nitrogen and oxygen atoms in total. The van der Waals surface area contributed by atoms with E-state index in [0.717, 1.165) is 148 Å². The van der Waals surface area contributed by atoms with Crippen molar-refractivity contribution in [3.05, 3.63) is 236 Å². The van der Waals surface area contributed by atoms with Crippen LogP contribution in [0.4, 0.5) is 0 Å². The van der Waals surface area contributed by atoms with E-state index in [-0.39, 0.29) is 0 Å². The second-order valence-electron chi connectivity index (χ2n) is 20.7. The van der Waals surface area contributed by atoms with Crippen molar-refractivity contribution in [3.8, 4) is 45.6 Å². The standard InChI is InChI=1S/C71H38N6O3/c72-39-52-69(75-55-25-7-1-17-40(55)46-36-64-49(33-58(46)75)43-20-4-10-28-61(43)78-64)67(53-23-13-15-31-73-53)71(77-57-27-9-3-19-42(57)48-38-66-51(35-60(48)77)45-22-6-12-30-63(45)80-66)68(54-24-14-16-32-74-54)70(52)76-56-26-8-2-18-41(56)47-37-65-50(34-59(47)76)44-21-5-11-29-62(44)79-65/h1-38H. The molecule has 9 heteroatoms. The first-order chi connectivity index (χ1) is 39.7. The van der Waals surface area contributed by atoms with Crippen LogP contribution in [0.25, 0.3) is 171 Å². The molecule has 0 spiro atoms. The Bertz CT molecular complexity index is 5490. The molecule has 0 radical (unpaired) electrons. The fourth-order valence-electron chi connectivity index (χ4n) is 13.3. The van der Waals surface area contributed by atoms with Gasteiger partial charge in [0.1, 0.15) is 45.1 Å². The van der Waals surface area contributed by atoms with Gasteiger partial charge in [-0.25, -0.2) is 0 Å². The number of furan rings is 3. The van der Waals surface area contributed by atoms with Crippen molar-refractivity contribution in [1.29, 1.82) is 5.26 Å². The van der Waals surface area contributed by atoms with Crippen LogP contribution in [0.5, 0.6) is 0 Å². The number of fused-ring (bicyclic) bond motifs is 18. The van der Waals surface area contributed by atoms with Crippen molar-refractivity contribution in [2.24, 2.45) is 0 Å². The number of aromatic nitrogens is 5. The molecular weight excluding hydrogens is 985 g/mol. The zero-order chi connectivity index (χ0) is 52.3. The Morgan fingerprint density at radius 2 is 0.613 bits per heavy atom. The molecule has 8 heterocycles. The summed E-state index contributed by atoms with van der Waals surface area (Å²) < 4.78 is 27.0. The Labute approximate surface area is 453 Å². The molecule has 0 fully saturated rings. The Balaban J connectivity index is 1.14. The van der Waals surface area contributed by atoms with Crippen molar-refractivity contribution in [2.75, 3.05) is 0 Å². The van der Waals surface area contributed by atoms with Gasteiger partial charge in [0, 0.05) is 77.0 Å². The van der Waals surface area contributed by atoms with Gasteiger partial charge in [-0.2, -0.15) is 5.26 Å². The summed E-state index contributed by atoms with van der Waals surface area (Å²) in [5.41, 5.74) is 15.7. The van der Waals surface area contributed by atoms with E-state index in [1.165, 1.54) is 0 Å². The largest absolute Gasteiger partial charge is 0.456 e. The molecular formula is C71H38N6O3. The molecule has 18 aromatic rings. The number of nitriles is 1. The van der Waals surface area contributed by atoms with Gasteiger partial charge >= 0.3 is 0 Å². The molecule has 80 heavy (non-hydrogen) atoms. The van der Waals surface area contributed by atoms with Gasteiger partial charge in [-0.05, 0) is 97.1 Å². The molecule has 10 aromatic carbocycles. The Morgan fingerprint density at radius 3 is 0.963 bits per heavy atom. The van der Waals surface area contributed by atoms with E-state index in [1.807, 2.05) is 73.1 Å². The van der Waals surface area contributed by atoms with Crippen molar-refractivity contribution < 1.29 is 13.3 Å². The van der Waals surface area contributed by atoms with Gasteiger partial charge in [-0.1, -0.05) is 121 Å². The van der Waals surface area contributed by atoms with Gasteiger partial charge < -0.3 is 27.0 Å². The molecule has 0 bridgehead atoms. The van der Waals surface area contributed by atoms with E-state index in [0.29, 0.717) is 28.3 Å². The number of rotatable bonds is 5. The van der Waals surface area contributed by atoms with Gasteiger partial charge in [0.2, 0.25) is 0 Å². The SMILES string of the molecule is N#Cc1c(-n2c3ccccc3c3cc4oc5ccccc5c4cc32)c(-c2ccccn2)c(-n2c3ccccc3c3cc4oc5ccccc5c4cc32)c(-c2ccccn2)c1-n1c2ccccc2c2cc3oc4ccccc4c3cc21. The highest BCUT2D eigenvalue weighted by molar-refractivity contribution is 6.22. The van der Waals surface area contributed by atoms with Crippen LogP contribution < -0.4 is 0 Å². The Kier molecular flexibility index (Phi) is 8.55. The molecule has 0 saturated heterocycles. The second-order valence-corrected chi connectivity index (χ2v) is 20.7. The average molecular weight is 1020 g/mol. The van der Waals surface area contributed by atoms with Crippen LogP contribution in [-0.4, -0.2) is 23.7 Å². The van der Waals surface area contributed by atoms with Gasteiger partial charge in [-0.3, -0.25) is 9.97 Å². The van der Waals surface area contributed by atoms with Crippen molar-refractivity contribution in [3.63, 3.8) is 0 Å². The number of hydrogen-bond donors (Lipinski definition) is 0. The highest BCUT2D eigenvalue weighted by Gasteiger charge is 2.35. The first-order valence-electron chi connectivity index (χ1n) is 26.7. The molecule has 0 aliphatic heterocycles. The third-order valence-corrected chi connectivity index (χ3v) is 16.6. The molecule has 370 valence electrons. The minimum Gasteiger partial charge on any atom is -0.456 e. The Morgan fingerprint density at radius 1 is 0.287 bits per heavy atom. The molecule has 18 rings (SSSR count). The first-order valence-corrected chi connectivity index (χ1v) is 26.7. The molecule has 8 aromatic heterocycles. The predicted molar refractivity (Wildman–Crippen MR) is 322 cm³/mol. The molecule has 0 unspecified atom stereocenters. The van der Waals surface area contributed by atoms with Gasteiger partial charge in [0.05, 0.1) is 72.7 Å². The second kappa shape index (κ2) is 15.9. The van der Waals surface area contributed by atoms with E-state index >= 15 is 0 Å². The van der Waals surface area contributed by atoms with Crippen LogP contribution in [-0.2, 0) is 0 Å². The van der Waals surface area contributed by atoms with Crippen molar-refractivity contribution >= 4 is 131 Å². The fourth-order valence-corrected chi connectivity index (χ4v) is 13.3. The predicted octanol–water partition coefficient (Wildman–Crippen LogP) is 18.7. The fraction of sp³-hybridized carbons (Fsp3) is 0. The number of benzene rings is 10. The van der Waals surface area contributed by atoms with Gasteiger partial charge in [0.25, 0.3) is 0 Å². The summed E-state index contributed by atoms with van der Waals surface area (Å²) in [6.45, 7) is 0. The van der Waals surface area contributed by atoms with Crippen LogP contribution in [0, 0.1) is 11.3 Å². The molecule has 0 atom stereocenters. The third kappa shape index (κ3) is 5.72. The molecule has 0 aliphatic carbocycles. The summed E-state index contributed by atoms with van der Waals surface area (Å²) in [5.74, 6) is 0. The molecule has 0 N–H and O–H groups in total. The monoisotopic (exact) mass is 1020 g/mol. The average Bonchev–Trinajstić information content (AvgIpc) is 4.46. The maximum absolute atomic E-state index is 12.8. The third-order valence-electron chi connectivity index (χ3n) is 16.6. The number of pyridine rings is 2. The lowest BCUT2D eigenvalue weighted by molar-refractivity contribution is 0.669. The van der Waals surface area contributed by atoms with Gasteiger partial charge in [-0.15, -0.1) is 0 Å². The molecule has 0 saturated carbocycles.